The van der Waals surface area contributed by atoms with Gasteiger partial charge in [-0.1, -0.05) is 4.49 Å². The molecule has 0 aliphatic heterocycles. The molecule has 0 unspecified atom stereocenters. The van der Waals surface area contributed by atoms with Gasteiger partial charge in [0.1, 0.15) is 11.4 Å². The standard InChI is InChI=1S/C9H7N3O2S/c1-14-7-3-2-4-10-8(7)9(13)6-5-15-12-11-6/h2-5H,1H3. The second-order valence-corrected chi connectivity index (χ2v) is 3.28. The first-order valence-electron chi connectivity index (χ1n) is 4.13. The van der Waals surface area contributed by atoms with E-state index < -0.39 is 0 Å². The zero-order valence-electron chi connectivity index (χ0n) is 7.88. The molecule has 0 saturated heterocycles. The monoisotopic (exact) mass is 221 g/mol. The Kier molecular flexibility index (Phi) is 2.68. The van der Waals surface area contributed by atoms with Crippen molar-refractivity contribution in [3.05, 3.63) is 35.1 Å². The molecule has 0 bridgehead atoms. The van der Waals surface area contributed by atoms with Crippen molar-refractivity contribution in [1.82, 2.24) is 14.6 Å². The minimum atomic E-state index is -0.277. The number of methoxy groups -OCH3 is 1. The van der Waals surface area contributed by atoms with Gasteiger partial charge < -0.3 is 4.74 Å². The first kappa shape index (κ1) is 9.72. The number of hydrogen-bond donors (Lipinski definition) is 0. The average molecular weight is 221 g/mol. The van der Waals surface area contributed by atoms with E-state index in [0.29, 0.717) is 5.75 Å². The fraction of sp³-hybridized carbons (Fsp3) is 0.111. The van der Waals surface area contributed by atoms with Crippen molar-refractivity contribution in [2.24, 2.45) is 0 Å². The van der Waals surface area contributed by atoms with Gasteiger partial charge in [0.2, 0.25) is 5.78 Å². The van der Waals surface area contributed by atoms with Gasteiger partial charge in [0.05, 0.1) is 7.11 Å². The first-order chi connectivity index (χ1) is 7.33. The summed E-state index contributed by atoms with van der Waals surface area (Å²) >= 11 is 1.13. The van der Waals surface area contributed by atoms with Gasteiger partial charge in [-0.2, -0.15) is 0 Å². The molecule has 0 radical (unpaired) electrons. The van der Waals surface area contributed by atoms with Crippen LogP contribution in [0.15, 0.2) is 23.7 Å². The van der Waals surface area contributed by atoms with Crippen molar-refractivity contribution < 1.29 is 9.53 Å². The molecule has 0 aliphatic rings. The zero-order chi connectivity index (χ0) is 10.7. The lowest BCUT2D eigenvalue weighted by Gasteiger charge is -2.03. The Hall–Kier alpha value is -1.82. The van der Waals surface area contributed by atoms with E-state index in [9.17, 15) is 4.79 Å². The van der Waals surface area contributed by atoms with Gasteiger partial charge in [-0.05, 0) is 23.7 Å². The number of ketones is 1. The SMILES string of the molecule is COc1cccnc1C(=O)c1csnn1. The molecule has 76 valence electrons. The Labute approximate surface area is 89.9 Å². The Bertz CT molecular complexity index is 470. The lowest BCUT2D eigenvalue weighted by molar-refractivity contribution is 0.102. The summed E-state index contributed by atoms with van der Waals surface area (Å²) < 4.78 is 8.66. The largest absolute Gasteiger partial charge is 0.494 e. The highest BCUT2D eigenvalue weighted by atomic mass is 32.1. The molecular formula is C9H7N3O2S. The lowest BCUT2D eigenvalue weighted by atomic mass is 10.2. The lowest BCUT2D eigenvalue weighted by Crippen LogP contribution is -2.06. The predicted molar refractivity (Wildman–Crippen MR) is 54.1 cm³/mol. The van der Waals surface area contributed by atoms with Crippen LogP contribution in [0, 0.1) is 0 Å². The minimum absolute atomic E-state index is 0.257. The van der Waals surface area contributed by atoms with Crippen LogP contribution in [0.5, 0.6) is 5.75 Å². The van der Waals surface area contributed by atoms with E-state index in [4.69, 9.17) is 4.74 Å². The van der Waals surface area contributed by atoms with Crippen LogP contribution in [0.2, 0.25) is 0 Å². The van der Waals surface area contributed by atoms with Crippen LogP contribution in [0.25, 0.3) is 0 Å². The van der Waals surface area contributed by atoms with Crippen LogP contribution in [0.1, 0.15) is 16.2 Å². The number of pyridine rings is 1. The summed E-state index contributed by atoms with van der Waals surface area (Å²) in [5, 5.41) is 5.27. The van der Waals surface area contributed by atoms with Gasteiger partial charge in [-0.25, -0.2) is 4.98 Å². The Morgan fingerprint density at radius 2 is 2.40 bits per heavy atom. The highest BCUT2D eigenvalue weighted by Gasteiger charge is 2.17. The molecule has 15 heavy (non-hydrogen) atoms. The highest BCUT2D eigenvalue weighted by molar-refractivity contribution is 7.03. The van der Waals surface area contributed by atoms with Gasteiger partial charge in [0, 0.05) is 11.6 Å². The van der Waals surface area contributed by atoms with E-state index in [2.05, 4.69) is 14.6 Å². The van der Waals surface area contributed by atoms with E-state index in [1.165, 1.54) is 13.3 Å². The molecule has 2 aromatic rings. The van der Waals surface area contributed by atoms with Gasteiger partial charge >= 0.3 is 0 Å². The number of aromatic nitrogens is 3. The second-order valence-electron chi connectivity index (χ2n) is 2.67. The van der Waals surface area contributed by atoms with Gasteiger partial charge in [-0.3, -0.25) is 4.79 Å². The average Bonchev–Trinajstić information content (AvgIpc) is 2.81. The highest BCUT2D eigenvalue weighted by Crippen LogP contribution is 2.17. The molecule has 0 N–H and O–H groups in total. The fourth-order valence-electron chi connectivity index (χ4n) is 1.11. The third kappa shape index (κ3) is 1.84. The number of rotatable bonds is 3. The molecule has 5 nitrogen and oxygen atoms in total. The van der Waals surface area contributed by atoms with Crippen molar-refractivity contribution in [2.75, 3.05) is 7.11 Å². The number of carbonyl (C=O) groups is 1. The van der Waals surface area contributed by atoms with E-state index in [-0.39, 0.29) is 17.2 Å². The molecule has 0 saturated carbocycles. The third-order valence-electron chi connectivity index (χ3n) is 1.80. The maximum absolute atomic E-state index is 11.8. The van der Waals surface area contributed by atoms with Crippen LogP contribution >= 0.6 is 11.5 Å². The number of nitrogens with zero attached hydrogens (tertiary/aromatic N) is 3. The Balaban J connectivity index is 2.42. The van der Waals surface area contributed by atoms with E-state index in [1.807, 2.05) is 0 Å². The smallest absolute Gasteiger partial charge is 0.236 e. The summed E-state index contributed by atoms with van der Waals surface area (Å²) in [7, 11) is 1.49. The van der Waals surface area contributed by atoms with Crippen molar-refractivity contribution in [2.45, 2.75) is 0 Å². The quantitative estimate of drug-likeness (QED) is 0.728. The maximum atomic E-state index is 11.8. The molecule has 0 aliphatic carbocycles. The number of carbonyl (C=O) groups excluding carboxylic acids is 1. The summed E-state index contributed by atoms with van der Waals surface area (Å²) in [5.41, 5.74) is 0.546. The van der Waals surface area contributed by atoms with E-state index in [1.54, 1.807) is 17.5 Å². The summed E-state index contributed by atoms with van der Waals surface area (Å²) in [4.78, 5) is 15.8. The van der Waals surface area contributed by atoms with E-state index in [0.717, 1.165) is 11.5 Å². The number of hydrogen-bond acceptors (Lipinski definition) is 6. The Morgan fingerprint density at radius 1 is 1.53 bits per heavy atom. The first-order valence-corrected chi connectivity index (χ1v) is 4.97. The van der Waals surface area contributed by atoms with Crippen LogP contribution in [0.3, 0.4) is 0 Å². The van der Waals surface area contributed by atoms with Crippen molar-refractivity contribution in [3.8, 4) is 5.75 Å². The molecule has 6 heteroatoms. The summed E-state index contributed by atoms with van der Waals surface area (Å²) in [5.74, 6) is 0.164. The van der Waals surface area contributed by atoms with Gasteiger partial charge in [-0.15, -0.1) is 5.10 Å². The molecule has 2 heterocycles. The second kappa shape index (κ2) is 4.14. The van der Waals surface area contributed by atoms with E-state index >= 15 is 0 Å². The molecule has 0 spiro atoms. The van der Waals surface area contributed by atoms with Crippen LogP contribution in [-0.4, -0.2) is 27.5 Å². The fourth-order valence-corrected chi connectivity index (χ4v) is 1.55. The molecular weight excluding hydrogens is 214 g/mol. The third-order valence-corrected chi connectivity index (χ3v) is 2.30. The van der Waals surface area contributed by atoms with Crippen LogP contribution < -0.4 is 4.74 Å². The minimum Gasteiger partial charge on any atom is -0.494 e. The van der Waals surface area contributed by atoms with Crippen molar-refractivity contribution in [1.29, 1.82) is 0 Å². The van der Waals surface area contributed by atoms with Crippen LogP contribution in [-0.2, 0) is 0 Å². The molecule has 2 aromatic heterocycles. The van der Waals surface area contributed by atoms with Crippen LogP contribution in [0.4, 0.5) is 0 Å². The molecule has 0 aromatic carbocycles. The van der Waals surface area contributed by atoms with Crippen molar-refractivity contribution >= 4 is 17.3 Å². The summed E-state index contributed by atoms with van der Waals surface area (Å²) in [6.07, 6.45) is 1.54. The van der Waals surface area contributed by atoms with Gasteiger partial charge in [0.15, 0.2) is 5.69 Å². The zero-order valence-corrected chi connectivity index (χ0v) is 8.69. The molecule has 0 fully saturated rings. The Morgan fingerprint density at radius 3 is 3.07 bits per heavy atom. The summed E-state index contributed by atoms with van der Waals surface area (Å²) in [6.45, 7) is 0. The molecule has 0 atom stereocenters. The number of ether oxygens (including phenoxy) is 1. The van der Waals surface area contributed by atoms with Crippen molar-refractivity contribution in [3.63, 3.8) is 0 Å². The molecule has 0 amide bonds. The summed E-state index contributed by atoms with van der Waals surface area (Å²) in [6, 6.07) is 3.38. The molecule has 2 rings (SSSR count). The van der Waals surface area contributed by atoms with Gasteiger partial charge in [0.25, 0.3) is 0 Å². The maximum Gasteiger partial charge on any atom is 0.236 e. The predicted octanol–water partition coefficient (Wildman–Crippen LogP) is 1.17. The normalized spacial score (nSPS) is 9.93. The topological polar surface area (TPSA) is 65.0 Å².